The first-order chi connectivity index (χ1) is 23.1. The van der Waals surface area contributed by atoms with Crippen LogP contribution in [0.1, 0.15) is 97.0 Å². The second-order valence-electron chi connectivity index (χ2n) is 15.3. The number of hydrogen-bond donors (Lipinski definition) is 4. The van der Waals surface area contributed by atoms with Crippen LogP contribution in [0.25, 0.3) is 0 Å². The summed E-state index contributed by atoms with van der Waals surface area (Å²) < 4.78 is 0. The van der Waals surface area contributed by atoms with E-state index in [1.807, 2.05) is 27.7 Å². The smallest absolute Gasteiger partial charge is 0.289 e. The van der Waals surface area contributed by atoms with Gasteiger partial charge in [-0.25, -0.2) is 4.98 Å². The van der Waals surface area contributed by atoms with Crippen LogP contribution in [0, 0.1) is 28.6 Å². The first-order valence-electron chi connectivity index (χ1n) is 17.5. The molecule has 13 heteroatoms. The van der Waals surface area contributed by atoms with E-state index in [2.05, 4.69) is 51.7 Å². The molecule has 1 aromatic rings. The van der Waals surface area contributed by atoms with Gasteiger partial charge in [0, 0.05) is 25.5 Å². The molecule has 0 unspecified atom stereocenters. The topological polar surface area (TPSA) is 180 Å². The highest BCUT2D eigenvalue weighted by atomic mass is 16.2. The minimum absolute atomic E-state index is 0.0565. The molecule has 0 radical (unpaired) electrons. The van der Waals surface area contributed by atoms with Gasteiger partial charge in [-0.15, -0.1) is 6.58 Å². The standard InChI is InChI=1S/C36H53N7O6/c1-8-13-23(28(44)33(48)39-16-9-2)40-32(47)27-25-22(36(25,6)7)20-43(27)34(49)29(35(3,4)5)42-31(46)26(21-14-11-10-12-15-21)41-30(45)24-19-37-17-18-38-24/h9,17-19,21-23,25-27,29H,2,8,10-16,20H2,1,3-7H3,(H,39,48)(H,40,47)(H,41,45)(H,42,46)/t22-,23-,25-,26-,27-,29+/m0/s1. The van der Waals surface area contributed by atoms with Crippen molar-refractivity contribution in [3.05, 3.63) is 36.9 Å². The zero-order chi connectivity index (χ0) is 36.1. The van der Waals surface area contributed by atoms with E-state index in [1.54, 1.807) is 0 Å². The van der Waals surface area contributed by atoms with Gasteiger partial charge in [-0.05, 0) is 47.8 Å². The van der Waals surface area contributed by atoms with Crippen molar-refractivity contribution in [3.63, 3.8) is 0 Å². The zero-order valence-electron chi connectivity index (χ0n) is 29.7. The molecular weight excluding hydrogens is 626 g/mol. The van der Waals surface area contributed by atoms with Crippen LogP contribution in [0.15, 0.2) is 31.2 Å². The molecule has 2 heterocycles. The van der Waals surface area contributed by atoms with Crippen LogP contribution in [0.5, 0.6) is 0 Å². The molecule has 1 saturated heterocycles. The summed E-state index contributed by atoms with van der Waals surface area (Å²) in [5, 5.41) is 11.1. The number of likely N-dealkylation sites (tertiary alicyclic amines) is 1. The van der Waals surface area contributed by atoms with Crippen LogP contribution >= 0.6 is 0 Å². The molecule has 1 aliphatic heterocycles. The summed E-state index contributed by atoms with van der Waals surface area (Å²) in [4.78, 5) is 90.9. The van der Waals surface area contributed by atoms with Crippen molar-refractivity contribution >= 4 is 35.3 Å². The molecule has 3 aliphatic rings. The Morgan fingerprint density at radius 1 is 1.04 bits per heavy atom. The molecule has 4 N–H and O–H groups in total. The molecule has 6 atom stereocenters. The van der Waals surface area contributed by atoms with E-state index in [0.29, 0.717) is 13.0 Å². The Balaban J connectivity index is 1.57. The van der Waals surface area contributed by atoms with Gasteiger partial charge >= 0.3 is 0 Å². The van der Waals surface area contributed by atoms with E-state index < -0.39 is 64.9 Å². The van der Waals surface area contributed by atoms with E-state index in [1.165, 1.54) is 29.6 Å². The SMILES string of the molecule is C=CCNC(=O)C(=O)[C@H](CCC)NC(=O)[C@@H]1[C@@H]2[C@H](CN1C(=O)[C@@H](NC(=O)[C@@H](NC(=O)c1cnccn1)C1CCCCC1)C(C)(C)C)C2(C)C. The van der Waals surface area contributed by atoms with Gasteiger partial charge in [-0.1, -0.05) is 73.3 Å². The number of hydrogen-bond acceptors (Lipinski definition) is 8. The normalized spacial score (nSPS) is 23.2. The lowest BCUT2D eigenvalue weighted by atomic mass is 9.82. The molecule has 13 nitrogen and oxygen atoms in total. The van der Waals surface area contributed by atoms with Gasteiger partial charge in [-0.3, -0.25) is 33.8 Å². The number of amides is 5. The van der Waals surface area contributed by atoms with Crippen molar-refractivity contribution in [2.24, 2.45) is 28.6 Å². The van der Waals surface area contributed by atoms with Gasteiger partial charge < -0.3 is 26.2 Å². The number of fused-ring (bicyclic) bond motifs is 1. The van der Waals surface area contributed by atoms with Crippen LogP contribution in [0.4, 0.5) is 0 Å². The van der Waals surface area contributed by atoms with Crippen LogP contribution < -0.4 is 21.3 Å². The number of nitrogens with one attached hydrogen (secondary N) is 4. The lowest BCUT2D eigenvalue weighted by molar-refractivity contribution is -0.147. The lowest BCUT2D eigenvalue weighted by Gasteiger charge is -2.39. The maximum absolute atomic E-state index is 14.5. The van der Waals surface area contributed by atoms with Gasteiger partial charge in [0.25, 0.3) is 11.8 Å². The van der Waals surface area contributed by atoms with Gasteiger partial charge in [0.05, 0.1) is 12.2 Å². The highest BCUT2D eigenvalue weighted by Gasteiger charge is 2.70. The van der Waals surface area contributed by atoms with Gasteiger partial charge in [0.2, 0.25) is 23.5 Å². The maximum Gasteiger partial charge on any atom is 0.289 e. The minimum Gasteiger partial charge on any atom is -0.346 e. The Morgan fingerprint density at radius 3 is 2.33 bits per heavy atom. The van der Waals surface area contributed by atoms with E-state index in [9.17, 15) is 28.8 Å². The Morgan fingerprint density at radius 2 is 1.73 bits per heavy atom. The highest BCUT2D eigenvalue weighted by molar-refractivity contribution is 6.38. The molecule has 0 aromatic carbocycles. The second kappa shape index (κ2) is 15.6. The van der Waals surface area contributed by atoms with Crippen molar-refractivity contribution in [2.75, 3.05) is 13.1 Å². The molecule has 3 fully saturated rings. The van der Waals surface area contributed by atoms with Crippen LogP contribution in [0.3, 0.4) is 0 Å². The summed E-state index contributed by atoms with van der Waals surface area (Å²) >= 11 is 0. The first-order valence-corrected chi connectivity index (χ1v) is 17.5. The van der Waals surface area contributed by atoms with Crippen molar-refractivity contribution < 1.29 is 28.8 Å². The van der Waals surface area contributed by atoms with E-state index in [0.717, 1.165) is 32.1 Å². The Hall–Kier alpha value is -4.16. The Labute approximate surface area is 289 Å². The van der Waals surface area contributed by atoms with Crippen molar-refractivity contribution in [3.8, 4) is 0 Å². The minimum atomic E-state index is -1.05. The summed E-state index contributed by atoms with van der Waals surface area (Å²) in [5.41, 5.74) is -0.876. The molecule has 2 saturated carbocycles. The Kier molecular flexibility index (Phi) is 12.0. The van der Waals surface area contributed by atoms with Gasteiger partial charge in [-0.2, -0.15) is 0 Å². The molecule has 1 aromatic heterocycles. The zero-order valence-corrected chi connectivity index (χ0v) is 29.7. The van der Waals surface area contributed by atoms with E-state index >= 15 is 0 Å². The summed E-state index contributed by atoms with van der Waals surface area (Å²) in [6.45, 7) is 15.5. The number of Topliss-reactive ketones (excluding diaryl/α,β-unsaturated/α-hetero) is 1. The van der Waals surface area contributed by atoms with Crippen LogP contribution in [-0.4, -0.2) is 87.4 Å². The number of carbonyl (C=O) groups is 6. The van der Waals surface area contributed by atoms with E-state index in [4.69, 9.17) is 0 Å². The Bertz CT molecular complexity index is 1420. The third-order valence-electron chi connectivity index (χ3n) is 10.5. The summed E-state index contributed by atoms with van der Waals surface area (Å²) in [5.74, 6) is -3.68. The van der Waals surface area contributed by atoms with E-state index in [-0.39, 0.29) is 41.8 Å². The molecule has 0 spiro atoms. The summed E-state index contributed by atoms with van der Waals surface area (Å²) in [7, 11) is 0. The largest absolute Gasteiger partial charge is 0.346 e. The molecule has 268 valence electrons. The average molecular weight is 680 g/mol. The number of ketones is 1. The summed E-state index contributed by atoms with van der Waals surface area (Å²) in [6.07, 6.45) is 10.9. The average Bonchev–Trinajstić information content (AvgIpc) is 3.38. The van der Waals surface area contributed by atoms with Crippen molar-refractivity contribution in [1.29, 1.82) is 0 Å². The quantitative estimate of drug-likeness (QED) is 0.171. The van der Waals surface area contributed by atoms with Gasteiger partial charge in [0.1, 0.15) is 23.8 Å². The molecule has 49 heavy (non-hydrogen) atoms. The number of nitrogens with zero attached hydrogens (tertiary/aromatic N) is 3. The number of carbonyl (C=O) groups excluding carboxylic acids is 6. The molecule has 5 amide bonds. The van der Waals surface area contributed by atoms with Crippen molar-refractivity contribution in [2.45, 2.75) is 111 Å². The fraction of sp³-hybridized carbons (Fsp3) is 0.667. The fourth-order valence-electron chi connectivity index (χ4n) is 7.58. The third-order valence-corrected chi connectivity index (χ3v) is 10.5. The second-order valence-corrected chi connectivity index (χ2v) is 15.3. The fourth-order valence-corrected chi connectivity index (χ4v) is 7.58. The maximum atomic E-state index is 14.5. The van der Waals surface area contributed by atoms with Gasteiger partial charge in [0.15, 0.2) is 0 Å². The molecule has 2 aliphatic carbocycles. The number of rotatable bonds is 14. The van der Waals surface area contributed by atoms with Crippen LogP contribution in [0.2, 0.25) is 0 Å². The molecule has 0 bridgehead atoms. The van der Waals surface area contributed by atoms with Crippen molar-refractivity contribution in [1.82, 2.24) is 36.1 Å². The highest BCUT2D eigenvalue weighted by Crippen LogP contribution is 2.65. The predicted octanol–water partition coefficient (Wildman–Crippen LogP) is 2.33. The lowest BCUT2D eigenvalue weighted by Crippen LogP contribution is -2.62. The third kappa shape index (κ3) is 8.53. The predicted molar refractivity (Wildman–Crippen MR) is 183 cm³/mol. The van der Waals surface area contributed by atoms with Crippen LogP contribution in [-0.2, 0) is 24.0 Å². The number of aromatic nitrogens is 2. The molecular formula is C36H53N7O6. The summed E-state index contributed by atoms with van der Waals surface area (Å²) in [6, 6.07) is -3.85. The molecule has 4 rings (SSSR count). The first kappa shape index (κ1) is 37.7. The number of piperidine rings is 1. The monoisotopic (exact) mass is 679 g/mol.